The largest absolute Gasteiger partial charge is 0.310 e. The van der Waals surface area contributed by atoms with Gasteiger partial charge in [-0.1, -0.05) is 38.1 Å². The molecule has 0 aliphatic heterocycles. The van der Waals surface area contributed by atoms with Gasteiger partial charge < -0.3 is 5.32 Å². The maximum Gasteiger partial charge on any atom is 0.0326 e. The van der Waals surface area contributed by atoms with Crippen molar-refractivity contribution in [3.63, 3.8) is 0 Å². The molecule has 0 bridgehead atoms. The first-order chi connectivity index (χ1) is 6.77. The van der Waals surface area contributed by atoms with Gasteiger partial charge in [-0.15, -0.1) is 0 Å². The number of hydrogen-bond donors (Lipinski definition) is 1. The third kappa shape index (κ3) is 1.98. The molecule has 1 N–H and O–H groups in total. The molecule has 0 saturated heterocycles. The molecule has 0 amide bonds. The van der Waals surface area contributed by atoms with E-state index in [2.05, 4.69) is 43.4 Å². The molecule has 1 nitrogen and oxygen atoms in total. The molecule has 0 aromatic heterocycles. The maximum absolute atomic E-state index is 3.64. The minimum Gasteiger partial charge on any atom is -0.310 e. The first-order valence-electron chi connectivity index (χ1n) is 5.58. The number of nitrogens with one attached hydrogen (secondary N) is 1. The molecule has 0 saturated carbocycles. The summed E-state index contributed by atoms with van der Waals surface area (Å²) in [5.41, 5.74) is 3.06. The highest BCUT2D eigenvalue weighted by Crippen LogP contribution is 2.30. The highest BCUT2D eigenvalue weighted by molar-refractivity contribution is 5.34. The van der Waals surface area contributed by atoms with Gasteiger partial charge >= 0.3 is 0 Å². The van der Waals surface area contributed by atoms with Crippen molar-refractivity contribution in [3.05, 3.63) is 35.4 Å². The lowest BCUT2D eigenvalue weighted by molar-refractivity contribution is 0.472. The fraction of sp³-hybridized carbons (Fsp3) is 0.538. The summed E-state index contributed by atoms with van der Waals surface area (Å²) in [5.74, 6) is 0.739. The van der Waals surface area contributed by atoms with Crippen molar-refractivity contribution >= 4 is 0 Å². The lowest BCUT2D eigenvalue weighted by Gasteiger charge is -2.15. The second-order valence-electron chi connectivity index (χ2n) is 4.59. The van der Waals surface area contributed by atoms with E-state index in [1.807, 2.05) is 0 Å². The minimum absolute atomic E-state index is 0.605. The second kappa shape index (κ2) is 4.14. The third-order valence-electron chi connectivity index (χ3n) is 2.91. The number of hydrogen-bond acceptors (Lipinski definition) is 1. The third-order valence-corrected chi connectivity index (χ3v) is 2.91. The van der Waals surface area contributed by atoms with Gasteiger partial charge in [-0.2, -0.15) is 0 Å². The van der Waals surface area contributed by atoms with Crippen LogP contribution in [-0.2, 0) is 6.42 Å². The van der Waals surface area contributed by atoms with Gasteiger partial charge in [0.1, 0.15) is 0 Å². The van der Waals surface area contributed by atoms with Gasteiger partial charge in [0.25, 0.3) is 0 Å². The Balaban J connectivity index is 2.03. The Bertz CT molecular complexity index is 304. The van der Waals surface area contributed by atoms with Crippen LogP contribution in [0.4, 0.5) is 0 Å². The molecule has 1 aliphatic carbocycles. The van der Waals surface area contributed by atoms with Crippen LogP contribution in [0.2, 0.25) is 0 Å². The van der Waals surface area contributed by atoms with Gasteiger partial charge in [0.05, 0.1) is 0 Å². The van der Waals surface area contributed by atoms with Crippen molar-refractivity contribution in [3.8, 4) is 0 Å². The van der Waals surface area contributed by atoms with Gasteiger partial charge in [0, 0.05) is 6.04 Å². The maximum atomic E-state index is 3.64. The van der Waals surface area contributed by atoms with Gasteiger partial charge in [-0.3, -0.25) is 0 Å². The molecule has 0 spiro atoms. The molecule has 1 atom stereocenters. The summed E-state index contributed by atoms with van der Waals surface area (Å²) in [6, 6.07) is 9.42. The summed E-state index contributed by atoms with van der Waals surface area (Å²) in [4.78, 5) is 0. The van der Waals surface area contributed by atoms with Crippen molar-refractivity contribution < 1.29 is 0 Å². The molecule has 2 rings (SSSR count). The quantitative estimate of drug-likeness (QED) is 0.771. The van der Waals surface area contributed by atoms with Crippen molar-refractivity contribution in [2.24, 2.45) is 5.92 Å². The average Bonchev–Trinajstić information content (AvgIpc) is 2.58. The SMILES string of the molecule is CC(C)CN[C@@H]1CCc2ccccc21. The predicted octanol–water partition coefficient (Wildman–Crippen LogP) is 2.92. The van der Waals surface area contributed by atoms with E-state index in [0.717, 1.165) is 12.5 Å². The molecular formula is C13H19N. The average molecular weight is 189 g/mol. The Morgan fingerprint density at radius 1 is 1.36 bits per heavy atom. The summed E-state index contributed by atoms with van der Waals surface area (Å²) in [5, 5.41) is 3.64. The molecule has 0 radical (unpaired) electrons. The molecule has 0 fully saturated rings. The Morgan fingerprint density at radius 2 is 2.14 bits per heavy atom. The van der Waals surface area contributed by atoms with Gasteiger partial charge in [-0.25, -0.2) is 0 Å². The van der Waals surface area contributed by atoms with Gasteiger partial charge in [0.15, 0.2) is 0 Å². The van der Waals surface area contributed by atoms with E-state index < -0.39 is 0 Å². The Kier molecular flexibility index (Phi) is 2.87. The molecular weight excluding hydrogens is 170 g/mol. The van der Waals surface area contributed by atoms with Crippen LogP contribution in [-0.4, -0.2) is 6.54 Å². The zero-order valence-corrected chi connectivity index (χ0v) is 9.09. The first kappa shape index (κ1) is 9.72. The summed E-state index contributed by atoms with van der Waals surface area (Å²) < 4.78 is 0. The molecule has 1 aromatic carbocycles. The van der Waals surface area contributed by atoms with E-state index in [-0.39, 0.29) is 0 Å². The lowest BCUT2D eigenvalue weighted by Crippen LogP contribution is -2.23. The van der Waals surface area contributed by atoms with E-state index in [4.69, 9.17) is 0 Å². The van der Waals surface area contributed by atoms with Crippen LogP contribution in [0.15, 0.2) is 24.3 Å². The van der Waals surface area contributed by atoms with Crippen LogP contribution in [0.25, 0.3) is 0 Å². The van der Waals surface area contributed by atoms with Crippen LogP contribution < -0.4 is 5.32 Å². The summed E-state index contributed by atoms with van der Waals surface area (Å²) in [6.45, 7) is 5.64. The van der Waals surface area contributed by atoms with Crippen LogP contribution in [0.5, 0.6) is 0 Å². The normalized spacial score (nSPS) is 20.1. The summed E-state index contributed by atoms with van der Waals surface area (Å²) >= 11 is 0. The predicted molar refractivity (Wildman–Crippen MR) is 60.3 cm³/mol. The van der Waals surface area contributed by atoms with E-state index >= 15 is 0 Å². The fourth-order valence-corrected chi connectivity index (χ4v) is 2.15. The number of aryl methyl sites for hydroxylation is 1. The number of fused-ring (bicyclic) bond motifs is 1. The first-order valence-corrected chi connectivity index (χ1v) is 5.58. The zero-order valence-electron chi connectivity index (χ0n) is 9.09. The minimum atomic E-state index is 0.605. The van der Waals surface area contributed by atoms with E-state index in [9.17, 15) is 0 Å². The fourth-order valence-electron chi connectivity index (χ4n) is 2.15. The summed E-state index contributed by atoms with van der Waals surface area (Å²) in [7, 11) is 0. The molecule has 0 unspecified atom stereocenters. The number of benzene rings is 1. The zero-order chi connectivity index (χ0) is 9.97. The monoisotopic (exact) mass is 189 g/mol. The van der Waals surface area contributed by atoms with Crippen LogP contribution in [0.1, 0.15) is 37.4 Å². The van der Waals surface area contributed by atoms with Crippen molar-refractivity contribution in [1.29, 1.82) is 0 Å². The Morgan fingerprint density at radius 3 is 2.93 bits per heavy atom. The van der Waals surface area contributed by atoms with E-state index in [0.29, 0.717) is 6.04 Å². The van der Waals surface area contributed by atoms with Crippen LogP contribution in [0, 0.1) is 5.92 Å². The standard InChI is InChI=1S/C13H19N/c1-10(2)9-14-13-8-7-11-5-3-4-6-12(11)13/h3-6,10,13-14H,7-9H2,1-2H3/t13-/m1/s1. The van der Waals surface area contributed by atoms with E-state index in [1.54, 1.807) is 0 Å². The van der Waals surface area contributed by atoms with Crippen LogP contribution >= 0.6 is 0 Å². The summed E-state index contributed by atoms with van der Waals surface area (Å²) in [6.07, 6.45) is 2.51. The lowest BCUT2D eigenvalue weighted by atomic mass is 10.1. The number of rotatable bonds is 3. The van der Waals surface area contributed by atoms with Gasteiger partial charge in [-0.05, 0) is 36.4 Å². The molecule has 1 aromatic rings. The molecule has 76 valence electrons. The molecule has 1 aliphatic rings. The molecule has 0 heterocycles. The Hall–Kier alpha value is -0.820. The van der Waals surface area contributed by atoms with Crippen molar-refractivity contribution in [1.82, 2.24) is 5.32 Å². The Labute approximate surface area is 86.5 Å². The van der Waals surface area contributed by atoms with Crippen molar-refractivity contribution in [2.45, 2.75) is 32.7 Å². The topological polar surface area (TPSA) is 12.0 Å². The smallest absolute Gasteiger partial charge is 0.0326 e. The molecule has 14 heavy (non-hydrogen) atoms. The van der Waals surface area contributed by atoms with Gasteiger partial charge in [0.2, 0.25) is 0 Å². The molecule has 1 heteroatoms. The van der Waals surface area contributed by atoms with E-state index in [1.165, 1.54) is 24.0 Å². The van der Waals surface area contributed by atoms with Crippen LogP contribution in [0.3, 0.4) is 0 Å². The van der Waals surface area contributed by atoms with Crippen molar-refractivity contribution in [2.75, 3.05) is 6.54 Å². The highest BCUT2D eigenvalue weighted by Gasteiger charge is 2.20. The second-order valence-corrected chi connectivity index (χ2v) is 4.59. The highest BCUT2D eigenvalue weighted by atomic mass is 14.9.